The van der Waals surface area contributed by atoms with Crippen LogP contribution >= 0.6 is 0 Å². The summed E-state index contributed by atoms with van der Waals surface area (Å²) < 4.78 is 6.15. The fraction of sp³-hybridized carbons (Fsp3) is 0.571. The third-order valence-corrected chi connectivity index (χ3v) is 4.14. The molecule has 2 aromatic rings. The summed E-state index contributed by atoms with van der Waals surface area (Å²) in [6.07, 6.45) is 3.64. The molecule has 3 rings (SSSR count). The Balaban J connectivity index is 1.93. The molecule has 0 bridgehead atoms. The summed E-state index contributed by atoms with van der Waals surface area (Å²) >= 11 is 0. The van der Waals surface area contributed by atoms with Crippen molar-refractivity contribution < 1.29 is 14.6 Å². The molecule has 0 aliphatic carbocycles. The first-order valence-corrected chi connectivity index (χ1v) is 7.26. The van der Waals surface area contributed by atoms with Gasteiger partial charge in [-0.05, 0) is 12.3 Å². The Morgan fingerprint density at radius 3 is 3.05 bits per heavy atom. The second-order valence-corrected chi connectivity index (χ2v) is 5.59. The van der Waals surface area contributed by atoms with Crippen LogP contribution in [0.4, 0.5) is 5.82 Å². The van der Waals surface area contributed by atoms with Gasteiger partial charge in [-0.3, -0.25) is 4.79 Å². The van der Waals surface area contributed by atoms with Crippen molar-refractivity contribution in [3.8, 4) is 0 Å². The Morgan fingerprint density at radius 2 is 2.32 bits per heavy atom. The van der Waals surface area contributed by atoms with Gasteiger partial charge in [-0.15, -0.1) is 0 Å². The fourth-order valence-electron chi connectivity index (χ4n) is 2.68. The Morgan fingerprint density at radius 1 is 1.50 bits per heavy atom. The predicted molar refractivity (Wildman–Crippen MR) is 79.3 cm³/mol. The molecule has 2 atom stereocenters. The molecule has 1 fully saturated rings. The number of aliphatic hydroxyl groups is 1. The van der Waals surface area contributed by atoms with Crippen molar-refractivity contribution in [1.82, 2.24) is 19.7 Å². The van der Waals surface area contributed by atoms with Crippen molar-refractivity contribution in [2.24, 2.45) is 5.92 Å². The molecule has 0 amide bonds. The monoisotopic (exact) mass is 305 g/mol. The Kier molecular flexibility index (Phi) is 3.93. The Hall–Kier alpha value is -2.22. The molecule has 0 aromatic carbocycles. The molecular formula is C14H19N5O3. The summed E-state index contributed by atoms with van der Waals surface area (Å²) in [5.41, 5.74) is 0.587. The van der Waals surface area contributed by atoms with Gasteiger partial charge in [0.15, 0.2) is 5.65 Å². The van der Waals surface area contributed by atoms with E-state index in [9.17, 15) is 9.90 Å². The van der Waals surface area contributed by atoms with Crippen LogP contribution in [0.1, 0.15) is 13.3 Å². The fourth-order valence-corrected chi connectivity index (χ4v) is 2.68. The highest BCUT2D eigenvalue weighted by Gasteiger charge is 2.26. The number of anilines is 1. The maximum absolute atomic E-state index is 11.4. The summed E-state index contributed by atoms with van der Waals surface area (Å²) in [5.74, 6) is 0.648. The summed E-state index contributed by atoms with van der Waals surface area (Å²) in [7, 11) is 1.34. The molecule has 8 heteroatoms. The zero-order valence-corrected chi connectivity index (χ0v) is 12.6. The SMILES string of the molecule is COC(=O)Cn1ncc2c(N3CCC(C)C(O)C3)ncnc21. The van der Waals surface area contributed by atoms with Gasteiger partial charge in [0.05, 0.1) is 24.8 Å². The van der Waals surface area contributed by atoms with Crippen molar-refractivity contribution in [3.05, 3.63) is 12.5 Å². The number of hydrogen-bond acceptors (Lipinski definition) is 7. The standard InChI is InChI=1S/C14H19N5O3/c1-9-3-4-18(6-11(9)20)13-10-5-17-19(7-12(21)22-2)14(10)16-8-15-13/h5,8-9,11,20H,3-4,6-7H2,1-2H3. The van der Waals surface area contributed by atoms with E-state index in [0.717, 1.165) is 24.2 Å². The molecule has 0 saturated carbocycles. The smallest absolute Gasteiger partial charge is 0.327 e. The minimum Gasteiger partial charge on any atom is -0.468 e. The normalized spacial score (nSPS) is 22.0. The third kappa shape index (κ3) is 2.61. The number of hydrogen-bond donors (Lipinski definition) is 1. The number of carbonyl (C=O) groups excluding carboxylic acids is 1. The van der Waals surface area contributed by atoms with Gasteiger partial charge in [-0.25, -0.2) is 14.6 Å². The molecule has 2 unspecified atom stereocenters. The van der Waals surface area contributed by atoms with Crippen LogP contribution in [0, 0.1) is 5.92 Å². The van der Waals surface area contributed by atoms with E-state index in [1.165, 1.54) is 18.1 Å². The molecular weight excluding hydrogens is 286 g/mol. The van der Waals surface area contributed by atoms with Crippen LogP contribution in [0.5, 0.6) is 0 Å². The molecule has 1 aliphatic rings. The van der Waals surface area contributed by atoms with Gasteiger partial charge in [0.1, 0.15) is 18.7 Å². The van der Waals surface area contributed by atoms with Crippen molar-refractivity contribution in [2.75, 3.05) is 25.1 Å². The molecule has 8 nitrogen and oxygen atoms in total. The number of ether oxygens (including phenoxy) is 1. The van der Waals surface area contributed by atoms with Gasteiger partial charge in [0, 0.05) is 13.1 Å². The molecule has 22 heavy (non-hydrogen) atoms. The number of fused-ring (bicyclic) bond motifs is 1. The molecule has 3 heterocycles. The second kappa shape index (κ2) is 5.88. The highest BCUT2D eigenvalue weighted by atomic mass is 16.5. The zero-order valence-electron chi connectivity index (χ0n) is 12.6. The minimum absolute atomic E-state index is 0.0100. The molecule has 118 valence electrons. The Bertz CT molecular complexity index is 686. The lowest BCUT2D eigenvalue weighted by Gasteiger charge is -2.35. The van der Waals surface area contributed by atoms with E-state index in [-0.39, 0.29) is 24.5 Å². The van der Waals surface area contributed by atoms with E-state index < -0.39 is 0 Å². The van der Waals surface area contributed by atoms with E-state index in [0.29, 0.717) is 12.2 Å². The number of β-amino-alcohol motifs (C(OH)–C–C–N with tert-alkyl or cyclic N) is 1. The van der Waals surface area contributed by atoms with Crippen molar-refractivity contribution in [1.29, 1.82) is 0 Å². The summed E-state index contributed by atoms with van der Waals surface area (Å²) in [5, 5.41) is 15.0. The molecule has 1 aliphatic heterocycles. The van der Waals surface area contributed by atoms with Crippen LogP contribution in [-0.2, 0) is 16.1 Å². The average Bonchev–Trinajstić information content (AvgIpc) is 2.93. The van der Waals surface area contributed by atoms with E-state index in [4.69, 9.17) is 0 Å². The summed E-state index contributed by atoms with van der Waals surface area (Å²) in [6.45, 7) is 3.42. The number of rotatable bonds is 3. The van der Waals surface area contributed by atoms with Crippen molar-refractivity contribution >= 4 is 22.8 Å². The van der Waals surface area contributed by atoms with E-state index in [2.05, 4.69) is 19.8 Å². The molecule has 0 radical (unpaired) electrons. The van der Waals surface area contributed by atoms with Crippen molar-refractivity contribution in [3.63, 3.8) is 0 Å². The second-order valence-electron chi connectivity index (χ2n) is 5.59. The van der Waals surface area contributed by atoms with Crippen molar-refractivity contribution in [2.45, 2.75) is 26.0 Å². The number of aromatic nitrogens is 4. The van der Waals surface area contributed by atoms with Crippen LogP contribution in [0.25, 0.3) is 11.0 Å². The lowest BCUT2D eigenvalue weighted by molar-refractivity contribution is -0.141. The highest BCUT2D eigenvalue weighted by Crippen LogP contribution is 2.27. The third-order valence-electron chi connectivity index (χ3n) is 4.14. The van der Waals surface area contributed by atoms with Gasteiger partial charge < -0.3 is 14.7 Å². The van der Waals surface area contributed by atoms with Crippen LogP contribution in [0.2, 0.25) is 0 Å². The molecule has 1 N–H and O–H groups in total. The van der Waals surface area contributed by atoms with Crippen LogP contribution < -0.4 is 4.90 Å². The van der Waals surface area contributed by atoms with Gasteiger partial charge >= 0.3 is 5.97 Å². The van der Waals surface area contributed by atoms with Crippen LogP contribution in [-0.4, -0.2) is 57.1 Å². The van der Waals surface area contributed by atoms with Crippen LogP contribution in [0.15, 0.2) is 12.5 Å². The van der Waals surface area contributed by atoms with Gasteiger partial charge in [-0.1, -0.05) is 6.92 Å². The molecule has 1 saturated heterocycles. The van der Waals surface area contributed by atoms with Crippen LogP contribution in [0.3, 0.4) is 0 Å². The topological polar surface area (TPSA) is 93.4 Å². The first kappa shape index (κ1) is 14.7. The maximum Gasteiger partial charge on any atom is 0.327 e. The minimum atomic E-state index is -0.382. The number of carbonyl (C=O) groups is 1. The maximum atomic E-state index is 11.4. The number of esters is 1. The number of methoxy groups -OCH3 is 1. The average molecular weight is 305 g/mol. The van der Waals surface area contributed by atoms with E-state index in [1.54, 1.807) is 6.20 Å². The number of aliphatic hydroxyl groups excluding tert-OH is 1. The quantitative estimate of drug-likeness (QED) is 0.810. The first-order chi connectivity index (χ1) is 10.6. The summed E-state index contributed by atoms with van der Waals surface area (Å²) in [6, 6.07) is 0. The highest BCUT2D eigenvalue weighted by molar-refractivity contribution is 5.87. The number of piperidine rings is 1. The van der Waals surface area contributed by atoms with E-state index in [1.807, 2.05) is 11.8 Å². The lowest BCUT2D eigenvalue weighted by atomic mass is 9.96. The number of nitrogens with zero attached hydrogens (tertiary/aromatic N) is 5. The lowest BCUT2D eigenvalue weighted by Crippen LogP contribution is -2.43. The predicted octanol–water partition coefficient (Wildman–Crippen LogP) is 0.206. The zero-order chi connectivity index (χ0) is 15.7. The Labute approximate surface area is 127 Å². The molecule has 0 spiro atoms. The van der Waals surface area contributed by atoms with E-state index >= 15 is 0 Å². The largest absolute Gasteiger partial charge is 0.468 e. The summed E-state index contributed by atoms with van der Waals surface area (Å²) in [4.78, 5) is 22.0. The van der Waals surface area contributed by atoms with Gasteiger partial charge in [0.2, 0.25) is 0 Å². The first-order valence-electron chi connectivity index (χ1n) is 7.26. The molecule has 2 aromatic heterocycles. The van der Waals surface area contributed by atoms with Gasteiger partial charge in [0.25, 0.3) is 0 Å². The van der Waals surface area contributed by atoms with Gasteiger partial charge in [-0.2, -0.15) is 5.10 Å².